The van der Waals surface area contributed by atoms with Crippen LogP contribution in [0.5, 0.6) is 5.75 Å². The fraction of sp³-hybridized carbons (Fsp3) is 0.562. The molecule has 0 unspecified atom stereocenters. The molecule has 0 atom stereocenters. The minimum atomic E-state index is -0.453. The molecule has 3 saturated carbocycles. The Balaban J connectivity index is 1.40. The third-order valence-corrected chi connectivity index (χ3v) is 8.40. The van der Waals surface area contributed by atoms with Gasteiger partial charge in [-0.05, 0) is 93.9 Å². The number of hydrogen-bond donors (Lipinski definition) is 0. The maximum Gasteiger partial charge on any atom is 0.340 e. The SMILES string of the molecule is COC(=O)c1cc(OCc2ccccc2)ccc1N(C(=O)C1CCC(C)CC1)C1CCC(OC2CC2)CC1. The Labute approximate surface area is 226 Å². The number of carbonyl (C=O) groups excluding carboxylic acids is 2. The zero-order chi connectivity index (χ0) is 26.5. The second-order valence-electron chi connectivity index (χ2n) is 11.4. The zero-order valence-electron chi connectivity index (χ0n) is 22.8. The summed E-state index contributed by atoms with van der Waals surface area (Å²) in [6, 6.07) is 15.4. The smallest absolute Gasteiger partial charge is 0.340 e. The van der Waals surface area contributed by atoms with E-state index in [1.54, 1.807) is 6.07 Å². The first-order chi connectivity index (χ1) is 18.5. The number of anilines is 1. The Morgan fingerprint density at radius 3 is 2.13 bits per heavy atom. The van der Waals surface area contributed by atoms with Gasteiger partial charge in [0.25, 0.3) is 0 Å². The molecular formula is C32H41NO5. The molecule has 0 N–H and O–H groups in total. The van der Waals surface area contributed by atoms with Crippen LogP contribution in [-0.4, -0.2) is 37.2 Å². The van der Waals surface area contributed by atoms with E-state index in [1.807, 2.05) is 47.4 Å². The Bertz CT molecular complexity index is 1080. The van der Waals surface area contributed by atoms with E-state index in [4.69, 9.17) is 14.2 Å². The predicted octanol–water partition coefficient (Wildman–Crippen LogP) is 6.70. The molecule has 38 heavy (non-hydrogen) atoms. The number of benzene rings is 2. The van der Waals surface area contributed by atoms with Gasteiger partial charge in [-0.3, -0.25) is 4.79 Å². The van der Waals surface area contributed by atoms with E-state index in [9.17, 15) is 9.59 Å². The molecule has 0 aliphatic heterocycles. The maximum atomic E-state index is 14.1. The standard InChI is InChI=1S/C32H41NO5/c1-22-8-10-24(11-9-22)31(34)33(25-12-14-26(15-13-25)38-27-16-17-27)30-19-18-28(20-29(30)32(35)36-2)37-21-23-6-4-3-5-7-23/h3-7,18-20,22,24-27H,8-17,21H2,1-2H3. The average Bonchev–Trinajstić information content (AvgIpc) is 3.78. The van der Waals surface area contributed by atoms with Crippen LogP contribution in [0, 0.1) is 11.8 Å². The van der Waals surface area contributed by atoms with Crippen LogP contribution >= 0.6 is 0 Å². The van der Waals surface area contributed by atoms with E-state index < -0.39 is 5.97 Å². The van der Waals surface area contributed by atoms with Crippen molar-refractivity contribution in [2.45, 2.75) is 96.0 Å². The molecule has 0 radical (unpaired) electrons. The Kier molecular flexibility index (Phi) is 8.68. The van der Waals surface area contributed by atoms with Crippen molar-refractivity contribution in [1.82, 2.24) is 0 Å². The van der Waals surface area contributed by atoms with Crippen molar-refractivity contribution < 1.29 is 23.8 Å². The van der Waals surface area contributed by atoms with Crippen LogP contribution in [0.3, 0.4) is 0 Å². The molecule has 0 spiro atoms. The van der Waals surface area contributed by atoms with Crippen LogP contribution in [0.1, 0.15) is 87.1 Å². The summed E-state index contributed by atoms with van der Waals surface area (Å²) in [5, 5.41) is 0. The lowest BCUT2D eigenvalue weighted by molar-refractivity contribution is -0.124. The van der Waals surface area contributed by atoms with Crippen LogP contribution in [0.25, 0.3) is 0 Å². The van der Waals surface area contributed by atoms with Crippen LogP contribution in [0.15, 0.2) is 48.5 Å². The van der Waals surface area contributed by atoms with Crippen molar-refractivity contribution in [3.05, 3.63) is 59.7 Å². The highest BCUT2D eigenvalue weighted by Gasteiger charge is 2.38. The van der Waals surface area contributed by atoms with Crippen molar-refractivity contribution in [2.75, 3.05) is 12.0 Å². The van der Waals surface area contributed by atoms with Gasteiger partial charge >= 0.3 is 5.97 Å². The minimum absolute atomic E-state index is 0.00820. The summed E-state index contributed by atoms with van der Waals surface area (Å²) in [7, 11) is 1.39. The number of nitrogens with zero attached hydrogens (tertiary/aromatic N) is 1. The number of hydrogen-bond acceptors (Lipinski definition) is 5. The van der Waals surface area contributed by atoms with Crippen LogP contribution < -0.4 is 9.64 Å². The second kappa shape index (κ2) is 12.3. The first-order valence-electron chi connectivity index (χ1n) is 14.4. The van der Waals surface area contributed by atoms with E-state index in [2.05, 4.69) is 6.92 Å². The lowest BCUT2D eigenvalue weighted by Crippen LogP contribution is -2.47. The molecule has 2 aromatic carbocycles. The fourth-order valence-corrected chi connectivity index (χ4v) is 5.94. The molecule has 3 fully saturated rings. The molecule has 0 bridgehead atoms. The molecular weight excluding hydrogens is 478 g/mol. The Morgan fingerprint density at radius 1 is 0.842 bits per heavy atom. The third-order valence-electron chi connectivity index (χ3n) is 8.40. The fourth-order valence-electron chi connectivity index (χ4n) is 5.94. The van der Waals surface area contributed by atoms with Crippen LogP contribution in [-0.2, 0) is 20.9 Å². The number of ether oxygens (including phenoxy) is 3. The van der Waals surface area contributed by atoms with Crippen molar-refractivity contribution in [3.8, 4) is 5.75 Å². The van der Waals surface area contributed by atoms with Gasteiger partial charge in [0.2, 0.25) is 5.91 Å². The molecule has 0 aromatic heterocycles. The average molecular weight is 520 g/mol. The molecule has 2 aromatic rings. The van der Waals surface area contributed by atoms with E-state index in [0.717, 1.165) is 56.9 Å². The van der Waals surface area contributed by atoms with Gasteiger partial charge in [0.15, 0.2) is 0 Å². The monoisotopic (exact) mass is 519 g/mol. The quantitative estimate of drug-likeness (QED) is 0.345. The van der Waals surface area contributed by atoms with Crippen molar-refractivity contribution in [3.63, 3.8) is 0 Å². The van der Waals surface area contributed by atoms with Crippen molar-refractivity contribution >= 4 is 17.6 Å². The molecule has 6 heteroatoms. The molecule has 3 aliphatic carbocycles. The molecule has 0 heterocycles. The first kappa shape index (κ1) is 26.7. The second-order valence-corrected chi connectivity index (χ2v) is 11.4. The van der Waals surface area contributed by atoms with Gasteiger partial charge in [0.1, 0.15) is 12.4 Å². The van der Waals surface area contributed by atoms with Crippen LogP contribution in [0.2, 0.25) is 0 Å². The van der Waals surface area contributed by atoms with Gasteiger partial charge in [0.05, 0.1) is 30.6 Å². The number of esters is 1. The molecule has 204 valence electrons. The minimum Gasteiger partial charge on any atom is -0.489 e. The van der Waals surface area contributed by atoms with Gasteiger partial charge in [-0.2, -0.15) is 0 Å². The molecule has 6 nitrogen and oxygen atoms in total. The molecule has 3 aliphatic rings. The Morgan fingerprint density at radius 2 is 1.50 bits per heavy atom. The third kappa shape index (κ3) is 6.58. The summed E-state index contributed by atoms with van der Waals surface area (Å²) in [5.74, 6) is 0.927. The first-order valence-corrected chi connectivity index (χ1v) is 14.4. The molecule has 0 saturated heterocycles. The molecule has 1 amide bonds. The summed E-state index contributed by atoms with van der Waals surface area (Å²) >= 11 is 0. The van der Waals surface area contributed by atoms with Gasteiger partial charge in [-0.25, -0.2) is 4.79 Å². The van der Waals surface area contributed by atoms with Crippen molar-refractivity contribution in [2.24, 2.45) is 11.8 Å². The topological polar surface area (TPSA) is 65.1 Å². The predicted molar refractivity (Wildman–Crippen MR) is 147 cm³/mol. The summed E-state index contributed by atoms with van der Waals surface area (Å²) in [6.07, 6.45) is 10.6. The summed E-state index contributed by atoms with van der Waals surface area (Å²) in [6.45, 7) is 2.66. The van der Waals surface area contributed by atoms with E-state index in [1.165, 1.54) is 20.0 Å². The van der Waals surface area contributed by atoms with Gasteiger partial charge in [-0.1, -0.05) is 37.3 Å². The van der Waals surface area contributed by atoms with E-state index in [-0.39, 0.29) is 24.0 Å². The molecule has 5 rings (SSSR count). The number of amides is 1. The van der Waals surface area contributed by atoms with E-state index >= 15 is 0 Å². The largest absolute Gasteiger partial charge is 0.489 e. The van der Waals surface area contributed by atoms with Gasteiger partial charge in [-0.15, -0.1) is 0 Å². The normalized spacial score (nSPS) is 25.4. The van der Waals surface area contributed by atoms with Crippen LogP contribution in [0.4, 0.5) is 5.69 Å². The number of carbonyl (C=O) groups is 2. The van der Waals surface area contributed by atoms with Gasteiger partial charge < -0.3 is 19.1 Å². The Hall–Kier alpha value is -2.86. The lowest BCUT2D eigenvalue weighted by atomic mass is 9.81. The number of rotatable bonds is 9. The summed E-state index contributed by atoms with van der Waals surface area (Å²) in [4.78, 5) is 29.1. The highest BCUT2D eigenvalue weighted by atomic mass is 16.5. The highest BCUT2D eigenvalue weighted by Crippen LogP contribution is 2.38. The maximum absolute atomic E-state index is 14.1. The number of methoxy groups -OCH3 is 1. The lowest BCUT2D eigenvalue weighted by Gasteiger charge is -2.40. The van der Waals surface area contributed by atoms with Crippen molar-refractivity contribution in [1.29, 1.82) is 0 Å². The highest BCUT2D eigenvalue weighted by molar-refractivity contribution is 6.04. The zero-order valence-corrected chi connectivity index (χ0v) is 22.8. The summed E-state index contributed by atoms with van der Waals surface area (Å²) < 4.78 is 17.4. The summed E-state index contributed by atoms with van der Waals surface area (Å²) in [5.41, 5.74) is 2.07. The van der Waals surface area contributed by atoms with E-state index in [0.29, 0.717) is 35.6 Å². The van der Waals surface area contributed by atoms with Gasteiger partial charge in [0, 0.05) is 12.0 Å².